The number of hydrogen-bond acceptors (Lipinski definition) is 5. The second-order valence-electron chi connectivity index (χ2n) is 3.56. The van der Waals surface area contributed by atoms with Crippen LogP contribution in [0.4, 0.5) is 0 Å². The molecule has 0 heterocycles. The molecule has 0 rings (SSSR count). The van der Waals surface area contributed by atoms with Crippen LogP contribution in [0.2, 0.25) is 0 Å². The monoisotopic (exact) mass is 271 g/mol. The minimum absolute atomic E-state index is 0.551. The van der Waals surface area contributed by atoms with Gasteiger partial charge >= 0.3 is 11.4 Å². The molecule has 0 bridgehead atoms. The average molecular weight is 271 g/mol. The van der Waals surface area contributed by atoms with Crippen LogP contribution >= 0.6 is 0 Å². The van der Waals surface area contributed by atoms with E-state index in [2.05, 4.69) is 15.5 Å². The first-order chi connectivity index (χ1) is 7.08. The van der Waals surface area contributed by atoms with Crippen LogP contribution in [0.3, 0.4) is 0 Å². The molecule has 2 N–H and O–H groups in total. The molecule has 0 saturated carbocycles. The minimum Gasteiger partial charge on any atom is -0.347 e. The van der Waals surface area contributed by atoms with Gasteiger partial charge in [-0.1, -0.05) is 6.58 Å². The summed E-state index contributed by atoms with van der Waals surface area (Å²) in [4.78, 5) is 11.0. The van der Waals surface area contributed by atoms with Gasteiger partial charge in [-0.05, 0) is 19.9 Å². The molecular formula is C7H13NO6S2. The highest BCUT2D eigenvalue weighted by atomic mass is 32.3. The van der Waals surface area contributed by atoms with E-state index in [0.29, 0.717) is 0 Å². The number of rotatable bonds is 6. The van der Waals surface area contributed by atoms with Gasteiger partial charge in [0.2, 0.25) is 5.91 Å². The number of carbonyl (C=O) groups excluding carboxylic acids is 1. The molecule has 0 saturated heterocycles. The molecule has 0 aliphatic rings. The quantitative estimate of drug-likeness (QED) is 0.500. The van der Waals surface area contributed by atoms with E-state index >= 15 is 0 Å². The van der Waals surface area contributed by atoms with Crippen molar-refractivity contribution in [1.29, 1.82) is 0 Å². The van der Waals surface area contributed by atoms with Crippen LogP contribution in [-0.2, 0) is 29.9 Å². The molecule has 0 aliphatic heterocycles. The molecule has 0 spiro atoms. The first-order valence-corrected chi connectivity index (χ1v) is 6.67. The lowest BCUT2D eigenvalue weighted by Crippen LogP contribution is -2.48. The third kappa shape index (κ3) is 6.67. The standard InChI is InChI=1S/C7H13NO6S2/c1-4-6(9)8-7(2,3)5-16(12,13)14-15(10)11/h4H,1,5H2,2-3H3,(H,8,9)(H,10,11). The molecule has 1 amide bonds. The second-order valence-corrected chi connectivity index (χ2v) is 5.95. The number of carbonyl (C=O) groups is 1. The van der Waals surface area contributed by atoms with Crippen molar-refractivity contribution >= 4 is 27.4 Å². The van der Waals surface area contributed by atoms with E-state index in [1.54, 1.807) is 0 Å². The Hall–Kier alpha value is -0.770. The Kier molecular flexibility index (Phi) is 5.26. The van der Waals surface area contributed by atoms with Crippen molar-refractivity contribution in [3.05, 3.63) is 12.7 Å². The highest BCUT2D eigenvalue weighted by molar-refractivity contribution is 7.95. The van der Waals surface area contributed by atoms with E-state index in [1.165, 1.54) is 13.8 Å². The maximum atomic E-state index is 11.2. The maximum Gasteiger partial charge on any atom is 0.317 e. The zero-order chi connectivity index (χ0) is 13.0. The summed E-state index contributed by atoms with van der Waals surface area (Å²) < 4.78 is 44.6. The Morgan fingerprint density at radius 1 is 1.62 bits per heavy atom. The van der Waals surface area contributed by atoms with Crippen molar-refractivity contribution in [2.45, 2.75) is 19.4 Å². The summed E-state index contributed by atoms with van der Waals surface area (Å²) in [5, 5.41) is 2.34. The van der Waals surface area contributed by atoms with Crippen LogP contribution in [-0.4, -0.2) is 34.4 Å². The van der Waals surface area contributed by atoms with Gasteiger partial charge in [-0.3, -0.25) is 9.35 Å². The van der Waals surface area contributed by atoms with Gasteiger partial charge in [0.15, 0.2) is 0 Å². The maximum absolute atomic E-state index is 11.2. The Bertz CT molecular complexity index is 399. The largest absolute Gasteiger partial charge is 0.347 e. The molecule has 0 fully saturated rings. The van der Waals surface area contributed by atoms with Crippen molar-refractivity contribution < 1.29 is 25.6 Å². The molecule has 0 aromatic carbocycles. The summed E-state index contributed by atoms with van der Waals surface area (Å²) in [6.45, 7) is 6.06. The molecule has 1 atom stereocenters. The van der Waals surface area contributed by atoms with Gasteiger partial charge in [0.1, 0.15) is 0 Å². The molecule has 7 nitrogen and oxygen atoms in total. The fraction of sp³-hybridized carbons (Fsp3) is 0.571. The number of hydrogen-bond donors (Lipinski definition) is 2. The van der Waals surface area contributed by atoms with E-state index in [0.717, 1.165) is 6.08 Å². The van der Waals surface area contributed by atoms with Crippen LogP contribution in [0.15, 0.2) is 12.7 Å². The van der Waals surface area contributed by atoms with Crippen molar-refractivity contribution in [2.75, 3.05) is 5.75 Å². The molecule has 16 heavy (non-hydrogen) atoms. The van der Waals surface area contributed by atoms with Crippen molar-refractivity contribution in [1.82, 2.24) is 5.32 Å². The Balaban J connectivity index is 4.63. The highest BCUT2D eigenvalue weighted by Crippen LogP contribution is 2.09. The SMILES string of the molecule is C=CC(=O)NC(C)(C)CS(=O)(=O)OS(=O)O. The number of amides is 1. The third-order valence-electron chi connectivity index (χ3n) is 1.35. The highest BCUT2D eigenvalue weighted by Gasteiger charge is 2.29. The predicted molar refractivity (Wildman–Crippen MR) is 58.1 cm³/mol. The predicted octanol–water partition coefficient (Wildman–Crippen LogP) is -0.450. The molecule has 0 aliphatic carbocycles. The van der Waals surface area contributed by atoms with Crippen LogP contribution in [0.25, 0.3) is 0 Å². The van der Waals surface area contributed by atoms with Gasteiger partial charge < -0.3 is 5.32 Å². The van der Waals surface area contributed by atoms with Gasteiger partial charge in [-0.2, -0.15) is 12.6 Å². The third-order valence-corrected chi connectivity index (χ3v) is 3.72. The molecule has 1 unspecified atom stereocenters. The molecule has 0 radical (unpaired) electrons. The first-order valence-electron chi connectivity index (χ1n) is 4.06. The van der Waals surface area contributed by atoms with Crippen molar-refractivity contribution in [2.24, 2.45) is 0 Å². The summed E-state index contributed by atoms with van der Waals surface area (Å²) in [5.74, 6) is -1.18. The topological polar surface area (TPSA) is 110 Å². The van der Waals surface area contributed by atoms with Crippen LogP contribution < -0.4 is 5.32 Å². The summed E-state index contributed by atoms with van der Waals surface area (Å²) in [7, 11) is -4.19. The van der Waals surface area contributed by atoms with Crippen LogP contribution in [0.1, 0.15) is 13.8 Å². The van der Waals surface area contributed by atoms with Gasteiger partial charge in [-0.15, -0.1) is 3.63 Å². The lowest BCUT2D eigenvalue weighted by Gasteiger charge is -2.24. The summed E-state index contributed by atoms with van der Waals surface area (Å²) >= 11 is -2.91. The normalized spacial score (nSPS) is 14.2. The average Bonchev–Trinajstić information content (AvgIpc) is 1.97. The Morgan fingerprint density at radius 3 is 2.50 bits per heavy atom. The van der Waals surface area contributed by atoms with E-state index in [9.17, 15) is 17.4 Å². The van der Waals surface area contributed by atoms with E-state index in [1.807, 2.05) is 0 Å². The summed E-state index contributed by atoms with van der Waals surface area (Å²) in [5.41, 5.74) is -1.14. The lowest BCUT2D eigenvalue weighted by atomic mass is 10.1. The van der Waals surface area contributed by atoms with E-state index in [-0.39, 0.29) is 0 Å². The minimum atomic E-state index is -4.19. The van der Waals surface area contributed by atoms with Crippen molar-refractivity contribution in [3.8, 4) is 0 Å². The molecule has 9 heteroatoms. The van der Waals surface area contributed by atoms with E-state index in [4.69, 9.17) is 4.55 Å². The Morgan fingerprint density at radius 2 is 2.12 bits per heavy atom. The Labute approximate surface area is 96.5 Å². The van der Waals surface area contributed by atoms with Crippen LogP contribution in [0, 0.1) is 0 Å². The first kappa shape index (κ1) is 15.2. The zero-order valence-corrected chi connectivity index (χ0v) is 10.4. The second kappa shape index (κ2) is 5.53. The van der Waals surface area contributed by atoms with Gasteiger partial charge in [-0.25, -0.2) is 0 Å². The molecule has 0 aromatic rings. The molecular weight excluding hydrogens is 258 g/mol. The molecule has 94 valence electrons. The fourth-order valence-corrected chi connectivity index (χ4v) is 2.83. The van der Waals surface area contributed by atoms with Gasteiger partial charge in [0.25, 0.3) is 10.1 Å². The summed E-state index contributed by atoms with van der Waals surface area (Å²) in [6.07, 6.45) is 0.986. The summed E-state index contributed by atoms with van der Waals surface area (Å²) in [6, 6.07) is 0. The van der Waals surface area contributed by atoms with Crippen LogP contribution in [0.5, 0.6) is 0 Å². The fourth-order valence-electron chi connectivity index (χ4n) is 0.975. The zero-order valence-electron chi connectivity index (χ0n) is 8.80. The van der Waals surface area contributed by atoms with Gasteiger partial charge in [0, 0.05) is 0 Å². The smallest absolute Gasteiger partial charge is 0.317 e. The van der Waals surface area contributed by atoms with E-state index < -0.39 is 38.7 Å². The number of nitrogens with one attached hydrogen (secondary N) is 1. The van der Waals surface area contributed by atoms with Crippen molar-refractivity contribution in [3.63, 3.8) is 0 Å². The van der Waals surface area contributed by atoms with Gasteiger partial charge in [0.05, 0.1) is 11.3 Å². The molecule has 0 aromatic heterocycles. The lowest BCUT2D eigenvalue weighted by molar-refractivity contribution is -0.117.